The summed E-state index contributed by atoms with van der Waals surface area (Å²) in [4.78, 5) is 26.3. The molecule has 2 unspecified atom stereocenters. The zero-order valence-corrected chi connectivity index (χ0v) is 21.4. The third kappa shape index (κ3) is 4.81. The molecular formula is C26H25Cl2F3N2O3. The highest BCUT2D eigenvalue weighted by molar-refractivity contribution is 6.38. The number of fused-ring (bicyclic) bond motifs is 1. The first-order chi connectivity index (χ1) is 16.8. The van der Waals surface area contributed by atoms with Crippen LogP contribution in [0.25, 0.3) is 10.9 Å². The fourth-order valence-electron chi connectivity index (χ4n) is 5.11. The van der Waals surface area contributed by atoms with Crippen molar-refractivity contribution in [3.63, 3.8) is 0 Å². The fourth-order valence-corrected chi connectivity index (χ4v) is 5.70. The second-order valence-electron chi connectivity index (χ2n) is 9.48. The Morgan fingerprint density at radius 2 is 1.89 bits per heavy atom. The van der Waals surface area contributed by atoms with Gasteiger partial charge in [-0.1, -0.05) is 30.1 Å². The average molecular weight is 541 g/mol. The molecule has 10 heteroatoms. The molecule has 1 N–H and O–H groups in total. The predicted octanol–water partition coefficient (Wildman–Crippen LogP) is 6.59. The number of carbonyl (C=O) groups is 2. The van der Waals surface area contributed by atoms with E-state index < -0.39 is 23.6 Å². The highest BCUT2D eigenvalue weighted by atomic mass is 35.5. The molecule has 0 spiro atoms. The summed E-state index contributed by atoms with van der Waals surface area (Å²) in [7, 11) is 1.68. The van der Waals surface area contributed by atoms with Crippen molar-refractivity contribution < 1.29 is 27.9 Å². The van der Waals surface area contributed by atoms with Crippen molar-refractivity contribution in [1.29, 1.82) is 0 Å². The largest absolute Gasteiger partial charge is 0.481 e. The molecule has 2 heterocycles. The third-order valence-electron chi connectivity index (χ3n) is 6.99. The molecule has 1 amide bonds. The minimum atomic E-state index is -4.46. The highest BCUT2D eigenvalue weighted by Crippen LogP contribution is 2.38. The van der Waals surface area contributed by atoms with Gasteiger partial charge < -0.3 is 14.6 Å². The Balaban J connectivity index is 1.68. The molecule has 4 rings (SSSR count). The smallest absolute Gasteiger partial charge is 0.416 e. The van der Waals surface area contributed by atoms with E-state index in [-0.39, 0.29) is 28.8 Å². The van der Waals surface area contributed by atoms with E-state index in [1.165, 1.54) is 0 Å². The first-order valence-electron chi connectivity index (χ1n) is 11.4. The van der Waals surface area contributed by atoms with Crippen LogP contribution in [0.3, 0.4) is 0 Å². The number of hydrogen-bond donors (Lipinski definition) is 1. The van der Waals surface area contributed by atoms with Gasteiger partial charge in [-0.2, -0.15) is 13.2 Å². The van der Waals surface area contributed by atoms with Crippen LogP contribution in [0, 0.1) is 18.8 Å². The molecule has 5 nitrogen and oxygen atoms in total. The summed E-state index contributed by atoms with van der Waals surface area (Å²) >= 11 is 13.2. The van der Waals surface area contributed by atoms with Crippen LogP contribution in [-0.2, 0) is 24.4 Å². The SMILES string of the molecule is Cc1cc(C(F)(F)F)cc2c1c(Cc1c(Cl)ccc(C(=O)N3CCC(C(=O)O)C(C)C3)c1Cl)cn2C. The molecule has 0 aliphatic carbocycles. The maximum atomic E-state index is 13.3. The molecule has 0 saturated carbocycles. The molecule has 0 radical (unpaired) electrons. The fraction of sp³-hybridized carbons (Fsp3) is 0.385. The molecule has 1 fully saturated rings. The second-order valence-corrected chi connectivity index (χ2v) is 10.3. The molecule has 2 aromatic carbocycles. The molecule has 1 saturated heterocycles. The van der Waals surface area contributed by atoms with E-state index in [0.29, 0.717) is 46.6 Å². The van der Waals surface area contributed by atoms with E-state index in [1.54, 1.807) is 48.7 Å². The van der Waals surface area contributed by atoms with Crippen molar-refractivity contribution in [2.75, 3.05) is 13.1 Å². The lowest BCUT2D eigenvalue weighted by molar-refractivity contribution is -0.145. The topological polar surface area (TPSA) is 62.5 Å². The van der Waals surface area contributed by atoms with Gasteiger partial charge in [-0.25, -0.2) is 0 Å². The number of aliphatic carboxylic acids is 1. The summed E-state index contributed by atoms with van der Waals surface area (Å²) in [6.45, 7) is 4.04. The van der Waals surface area contributed by atoms with Crippen LogP contribution in [0.1, 0.15) is 46.0 Å². The number of amides is 1. The van der Waals surface area contributed by atoms with Crippen molar-refractivity contribution in [2.45, 2.75) is 32.9 Å². The van der Waals surface area contributed by atoms with Crippen LogP contribution >= 0.6 is 23.2 Å². The second kappa shape index (κ2) is 9.63. The van der Waals surface area contributed by atoms with E-state index in [9.17, 15) is 27.9 Å². The van der Waals surface area contributed by atoms with Crippen molar-refractivity contribution in [3.05, 3.63) is 68.3 Å². The molecule has 3 aromatic rings. The molecule has 2 atom stereocenters. The van der Waals surface area contributed by atoms with E-state index in [2.05, 4.69) is 0 Å². The Hall–Kier alpha value is -2.71. The molecule has 1 aliphatic rings. The first kappa shape index (κ1) is 26.4. The summed E-state index contributed by atoms with van der Waals surface area (Å²) in [6.07, 6.45) is -2.13. The Labute approximate surface area is 216 Å². The standard InChI is InChI=1S/C26H25Cl2F3N2O3/c1-13-8-16(26(29,30)31)10-21-22(13)15(12-32(21)3)9-19-20(27)5-4-18(23(19)28)24(34)33-7-6-17(25(35)36)14(2)11-33/h4-5,8,10,12,14,17H,6-7,9,11H2,1-3H3,(H,35,36). The number of hydrogen-bond acceptors (Lipinski definition) is 2. The third-order valence-corrected chi connectivity index (χ3v) is 7.77. The van der Waals surface area contributed by atoms with Gasteiger partial charge in [0.25, 0.3) is 5.91 Å². The summed E-state index contributed by atoms with van der Waals surface area (Å²) in [5.41, 5.74) is 1.70. The van der Waals surface area contributed by atoms with Gasteiger partial charge in [-0.3, -0.25) is 9.59 Å². The van der Waals surface area contributed by atoms with E-state index >= 15 is 0 Å². The van der Waals surface area contributed by atoms with Crippen LogP contribution in [0.2, 0.25) is 10.0 Å². The maximum Gasteiger partial charge on any atom is 0.416 e. The van der Waals surface area contributed by atoms with Gasteiger partial charge in [0.15, 0.2) is 0 Å². The van der Waals surface area contributed by atoms with E-state index in [1.807, 2.05) is 0 Å². The number of likely N-dealkylation sites (tertiary alicyclic amines) is 1. The monoisotopic (exact) mass is 540 g/mol. The quantitative estimate of drug-likeness (QED) is 0.406. The number of rotatable bonds is 4. The lowest BCUT2D eigenvalue weighted by atomic mass is 9.86. The van der Waals surface area contributed by atoms with Crippen LogP contribution in [0.15, 0.2) is 30.5 Å². The number of carboxylic acid groups (broad SMARTS) is 1. The molecule has 1 aromatic heterocycles. The van der Waals surface area contributed by atoms with Gasteiger partial charge in [0.1, 0.15) is 0 Å². The molecule has 0 bridgehead atoms. The number of aromatic nitrogens is 1. The van der Waals surface area contributed by atoms with Crippen molar-refractivity contribution in [2.24, 2.45) is 18.9 Å². The maximum absolute atomic E-state index is 13.3. The van der Waals surface area contributed by atoms with E-state index in [0.717, 1.165) is 17.7 Å². The zero-order valence-electron chi connectivity index (χ0n) is 19.9. The Morgan fingerprint density at radius 3 is 2.50 bits per heavy atom. The van der Waals surface area contributed by atoms with Gasteiger partial charge in [-0.15, -0.1) is 0 Å². The van der Waals surface area contributed by atoms with Crippen LogP contribution in [0.5, 0.6) is 0 Å². The number of alkyl halides is 3. The minimum absolute atomic E-state index is 0.182. The molecule has 1 aliphatic heterocycles. The van der Waals surface area contributed by atoms with Crippen molar-refractivity contribution in [3.8, 4) is 0 Å². The van der Waals surface area contributed by atoms with Gasteiger partial charge in [0.2, 0.25) is 0 Å². The highest BCUT2D eigenvalue weighted by Gasteiger charge is 2.34. The summed E-state index contributed by atoms with van der Waals surface area (Å²) in [5, 5.41) is 10.6. The number of carbonyl (C=O) groups excluding carboxylic acids is 1. The number of halogens is 5. The lowest BCUT2D eigenvalue weighted by Gasteiger charge is -2.35. The number of benzene rings is 2. The Bertz CT molecular complexity index is 1370. The lowest BCUT2D eigenvalue weighted by Crippen LogP contribution is -2.45. The summed E-state index contributed by atoms with van der Waals surface area (Å²) in [6, 6.07) is 5.38. The summed E-state index contributed by atoms with van der Waals surface area (Å²) in [5.74, 6) is -1.88. The van der Waals surface area contributed by atoms with Crippen molar-refractivity contribution in [1.82, 2.24) is 9.47 Å². The molecule has 36 heavy (non-hydrogen) atoms. The predicted molar refractivity (Wildman–Crippen MR) is 133 cm³/mol. The minimum Gasteiger partial charge on any atom is -0.481 e. The van der Waals surface area contributed by atoms with Gasteiger partial charge in [0.05, 0.1) is 22.1 Å². The van der Waals surface area contributed by atoms with Crippen LogP contribution in [0.4, 0.5) is 13.2 Å². The summed E-state index contributed by atoms with van der Waals surface area (Å²) < 4.78 is 41.6. The molecular weight excluding hydrogens is 516 g/mol. The first-order valence-corrected chi connectivity index (χ1v) is 12.2. The van der Waals surface area contributed by atoms with Gasteiger partial charge in [0, 0.05) is 48.7 Å². The molecule has 192 valence electrons. The Morgan fingerprint density at radius 1 is 1.19 bits per heavy atom. The van der Waals surface area contributed by atoms with Gasteiger partial charge >= 0.3 is 12.1 Å². The number of nitrogens with zero attached hydrogens (tertiary/aromatic N) is 2. The van der Waals surface area contributed by atoms with Gasteiger partial charge in [-0.05, 0) is 60.2 Å². The average Bonchev–Trinajstić information content (AvgIpc) is 3.11. The van der Waals surface area contributed by atoms with Crippen molar-refractivity contribution >= 4 is 46.0 Å². The van der Waals surface area contributed by atoms with Crippen LogP contribution in [-0.4, -0.2) is 39.5 Å². The number of piperidine rings is 1. The number of aryl methyl sites for hydroxylation is 2. The number of carboxylic acids is 1. The van der Waals surface area contributed by atoms with E-state index in [4.69, 9.17) is 23.2 Å². The Kier molecular flexibility index (Phi) is 7.05. The van der Waals surface area contributed by atoms with Crippen LogP contribution < -0.4 is 0 Å². The zero-order chi connectivity index (χ0) is 26.5. The normalized spacial score (nSPS) is 18.6.